The van der Waals surface area contributed by atoms with E-state index in [-0.39, 0.29) is 17.7 Å². The smallest absolute Gasteiger partial charge is 0.345 e. The van der Waals surface area contributed by atoms with Crippen molar-refractivity contribution in [3.05, 3.63) is 111 Å². The maximum absolute atomic E-state index is 13.2. The maximum atomic E-state index is 13.2. The number of thioether (sulfide) groups is 1. The fourth-order valence-corrected chi connectivity index (χ4v) is 4.86. The van der Waals surface area contributed by atoms with Crippen LogP contribution in [0, 0.1) is 0 Å². The maximum Gasteiger partial charge on any atom is 0.345 e. The van der Waals surface area contributed by atoms with Gasteiger partial charge in [-0.1, -0.05) is 64.5 Å². The summed E-state index contributed by atoms with van der Waals surface area (Å²) in [4.78, 5) is 27.0. The average Bonchev–Trinajstić information content (AvgIpc) is 3.29. The van der Waals surface area contributed by atoms with Crippen LogP contribution in [0.3, 0.4) is 0 Å². The second-order valence-corrected chi connectivity index (χ2v) is 9.61. The van der Waals surface area contributed by atoms with Gasteiger partial charge in [-0.15, -0.1) is 11.8 Å². The minimum Gasteiger partial charge on any atom is -0.422 e. The Hall–Kier alpha value is -3.16. The number of halogens is 1. The lowest BCUT2D eigenvalue weighted by atomic mass is 9.99. The van der Waals surface area contributed by atoms with Gasteiger partial charge in [-0.05, 0) is 42.0 Å². The number of fused-ring (bicyclic) bond motifs is 1. The first-order valence-electron chi connectivity index (χ1n) is 10.4. The summed E-state index contributed by atoms with van der Waals surface area (Å²) in [5.41, 5.74) is 2.01. The lowest BCUT2D eigenvalue weighted by molar-refractivity contribution is -0.130. The van der Waals surface area contributed by atoms with Gasteiger partial charge in [0.1, 0.15) is 5.58 Å². The SMILES string of the molecule is O=C(CSc1ccc(Br)cc1)N1N=C(c2cc3ccccc3oc2=O)C[C@@H]1c1ccccc1. The highest BCUT2D eigenvalue weighted by Crippen LogP contribution is 2.33. The summed E-state index contributed by atoms with van der Waals surface area (Å²) in [5, 5.41) is 6.97. The minimum absolute atomic E-state index is 0.114. The van der Waals surface area contributed by atoms with Crippen molar-refractivity contribution < 1.29 is 9.21 Å². The standard InChI is InChI=1S/C26H19BrN2O3S/c27-19-10-12-20(13-11-19)33-16-25(30)29-23(17-6-2-1-3-7-17)15-22(28-29)21-14-18-8-4-5-9-24(18)32-26(21)31/h1-14,23H,15-16H2/t23-/m1/s1. The average molecular weight is 519 g/mol. The summed E-state index contributed by atoms with van der Waals surface area (Å²) < 4.78 is 6.50. The van der Waals surface area contributed by atoms with Crippen LogP contribution in [0.5, 0.6) is 0 Å². The number of carbonyl (C=O) groups is 1. The molecule has 1 amide bonds. The predicted molar refractivity (Wildman–Crippen MR) is 135 cm³/mol. The van der Waals surface area contributed by atoms with Crippen molar-refractivity contribution in [2.45, 2.75) is 17.4 Å². The van der Waals surface area contributed by atoms with Gasteiger partial charge in [0, 0.05) is 21.2 Å². The molecule has 0 bridgehead atoms. The van der Waals surface area contributed by atoms with Gasteiger partial charge < -0.3 is 4.42 Å². The molecule has 0 fully saturated rings. The Kier molecular flexibility index (Phi) is 6.15. The summed E-state index contributed by atoms with van der Waals surface area (Å²) >= 11 is 4.89. The Balaban J connectivity index is 1.46. The normalized spacial score (nSPS) is 15.6. The van der Waals surface area contributed by atoms with Crippen LogP contribution in [0.1, 0.15) is 23.6 Å². The third-order valence-corrected chi connectivity index (χ3v) is 7.00. The van der Waals surface area contributed by atoms with Crippen molar-refractivity contribution in [1.82, 2.24) is 5.01 Å². The van der Waals surface area contributed by atoms with Gasteiger partial charge in [0.05, 0.1) is 23.1 Å². The van der Waals surface area contributed by atoms with Crippen LogP contribution in [0.25, 0.3) is 11.0 Å². The number of rotatable bonds is 5. The van der Waals surface area contributed by atoms with Crippen molar-refractivity contribution >= 4 is 50.3 Å². The number of amides is 1. The molecule has 2 heterocycles. The quantitative estimate of drug-likeness (QED) is 0.239. The largest absolute Gasteiger partial charge is 0.422 e. The Morgan fingerprint density at radius 2 is 1.76 bits per heavy atom. The molecule has 0 aliphatic carbocycles. The Labute approximate surface area is 203 Å². The zero-order chi connectivity index (χ0) is 22.8. The molecule has 0 saturated carbocycles. The molecule has 0 saturated heterocycles. The number of benzene rings is 3. The zero-order valence-corrected chi connectivity index (χ0v) is 19.9. The second kappa shape index (κ2) is 9.37. The van der Waals surface area contributed by atoms with Crippen molar-refractivity contribution in [1.29, 1.82) is 0 Å². The Morgan fingerprint density at radius 3 is 2.55 bits per heavy atom. The Morgan fingerprint density at radius 1 is 1.03 bits per heavy atom. The van der Waals surface area contributed by atoms with Crippen LogP contribution in [-0.4, -0.2) is 22.4 Å². The molecule has 7 heteroatoms. The van der Waals surface area contributed by atoms with Crippen LogP contribution >= 0.6 is 27.7 Å². The van der Waals surface area contributed by atoms with Crippen LogP contribution in [0.15, 0.2) is 109 Å². The molecule has 164 valence electrons. The van der Waals surface area contributed by atoms with E-state index < -0.39 is 5.63 Å². The first-order valence-corrected chi connectivity index (χ1v) is 12.2. The van der Waals surface area contributed by atoms with E-state index in [4.69, 9.17) is 4.42 Å². The van der Waals surface area contributed by atoms with E-state index in [0.717, 1.165) is 20.3 Å². The molecular weight excluding hydrogens is 500 g/mol. The van der Waals surface area contributed by atoms with E-state index >= 15 is 0 Å². The molecule has 1 aliphatic heterocycles. The fourth-order valence-electron chi connectivity index (χ4n) is 3.84. The van der Waals surface area contributed by atoms with Gasteiger partial charge in [0.15, 0.2) is 0 Å². The van der Waals surface area contributed by atoms with Gasteiger partial charge in [-0.2, -0.15) is 5.10 Å². The number of hydrazone groups is 1. The molecule has 1 aromatic heterocycles. The number of nitrogens with zero attached hydrogens (tertiary/aromatic N) is 2. The molecule has 1 atom stereocenters. The second-order valence-electron chi connectivity index (χ2n) is 7.64. The molecule has 5 nitrogen and oxygen atoms in total. The van der Waals surface area contributed by atoms with E-state index in [1.54, 1.807) is 12.1 Å². The topological polar surface area (TPSA) is 62.9 Å². The number of hydrogen-bond acceptors (Lipinski definition) is 5. The molecule has 33 heavy (non-hydrogen) atoms. The third kappa shape index (κ3) is 4.65. The van der Waals surface area contributed by atoms with Crippen LogP contribution < -0.4 is 5.63 Å². The van der Waals surface area contributed by atoms with Crippen molar-refractivity contribution in [3.63, 3.8) is 0 Å². The van der Waals surface area contributed by atoms with Gasteiger partial charge >= 0.3 is 5.63 Å². The Bertz CT molecular complexity index is 1400. The van der Waals surface area contributed by atoms with Crippen molar-refractivity contribution in [3.8, 4) is 0 Å². The van der Waals surface area contributed by atoms with Gasteiger partial charge in [0.25, 0.3) is 5.91 Å². The zero-order valence-electron chi connectivity index (χ0n) is 17.5. The van der Waals surface area contributed by atoms with Crippen molar-refractivity contribution in [2.75, 3.05) is 5.75 Å². The summed E-state index contributed by atoms with van der Waals surface area (Å²) in [7, 11) is 0. The molecule has 5 rings (SSSR count). The molecule has 0 unspecified atom stereocenters. The van der Waals surface area contributed by atoms with E-state index in [9.17, 15) is 9.59 Å². The van der Waals surface area contributed by atoms with Gasteiger partial charge in [-0.3, -0.25) is 4.79 Å². The molecule has 1 aliphatic rings. The van der Waals surface area contributed by atoms with E-state index in [2.05, 4.69) is 21.0 Å². The molecule has 0 radical (unpaired) electrons. The van der Waals surface area contributed by atoms with Gasteiger partial charge in [-0.25, -0.2) is 9.80 Å². The van der Waals surface area contributed by atoms with Crippen LogP contribution in [0.4, 0.5) is 0 Å². The number of hydrogen-bond donors (Lipinski definition) is 0. The third-order valence-electron chi connectivity index (χ3n) is 5.48. The summed E-state index contributed by atoms with van der Waals surface area (Å²) in [5.74, 6) is 0.130. The van der Waals surface area contributed by atoms with Crippen molar-refractivity contribution in [2.24, 2.45) is 5.10 Å². The molecule has 0 N–H and O–H groups in total. The fraction of sp³-hybridized carbons (Fsp3) is 0.115. The predicted octanol–water partition coefficient (Wildman–Crippen LogP) is 6.03. The van der Waals surface area contributed by atoms with Crippen LogP contribution in [0.2, 0.25) is 0 Å². The van der Waals surface area contributed by atoms with E-state index in [1.165, 1.54) is 16.8 Å². The highest BCUT2D eigenvalue weighted by atomic mass is 79.9. The molecule has 0 spiro atoms. The number of para-hydroxylation sites is 1. The summed E-state index contributed by atoms with van der Waals surface area (Å²) in [6.07, 6.45) is 0.446. The molecule has 3 aromatic carbocycles. The first kappa shape index (κ1) is 21.7. The van der Waals surface area contributed by atoms with Crippen LogP contribution in [-0.2, 0) is 4.79 Å². The summed E-state index contributed by atoms with van der Waals surface area (Å²) in [6, 6.07) is 26.5. The van der Waals surface area contributed by atoms with Gasteiger partial charge in [0.2, 0.25) is 0 Å². The van der Waals surface area contributed by atoms with E-state index in [1.807, 2.05) is 72.8 Å². The highest BCUT2D eigenvalue weighted by molar-refractivity contribution is 9.10. The van der Waals surface area contributed by atoms with E-state index in [0.29, 0.717) is 23.3 Å². The summed E-state index contributed by atoms with van der Waals surface area (Å²) in [6.45, 7) is 0. The monoisotopic (exact) mass is 518 g/mol. The highest BCUT2D eigenvalue weighted by Gasteiger charge is 2.34. The molecule has 4 aromatic rings. The number of carbonyl (C=O) groups excluding carboxylic acids is 1. The lowest BCUT2D eigenvalue weighted by Gasteiger charge is -2.22. The lowest BCUT2D eigenvalue weighted by Crippen LogP contribution is -2.28. The first-order chi connectivity index (χ1) is 16.1. The molecular formula is C26H19BrN2O3S. The minimum atomic E-state index is -0.446.